The molecule has 0 bridgehead atoms. The molecule has 0 fully saturated rings. The normalized spacial score (nSPS) is 21.9. The van der Waals surface area contributed by atoms with Crippen molar-refractivity contribution in [3.8, 4) is 0 Å². The first-order valence-electron chi connectivity index (χ1n) is 12.8. The van der Waals surface area contributed by atoms with Crippen LogP contribution >= 0.6 is 12.2 Å². The lowest BCUT2D eigenvalue weighted by atomic mass is 10.1. The minimum absolute atomic E-state index is 0.0168. The van der Waals surface area contributed by atoms with Crippen LogP contribution in [0.25, 0.3) is 0 Å². The van der Waals surface area contributed by atoms with E-state index in [0.29, 0.717) is 18.5 Å². The summed E-state index contributed by atoms with van der Waals surface area (Å²) in [7, 11) is -3.80. The Morgan fingerprint density at radius 1 is 1.05 bits per heavy atom. The van der Waals surface area contributed by atoms with Crippen LogP contribution in [0.5, 0.6) is 0 Å². The molecule has 2 aliphatic rings. The smallest absolute Gasteiger partial charge is 0.480 e. The molecule has 0 saturated carbocycles. The molecule has 10 nitrogen and oxygen atoms in total. The van der Waals surface area contributed by atoms with Crippen LogP contribution in [-0.4, -0.2) is 41.7 Å². The van der Waals surface area contributed by atoms with Gasteiger partial charge in [-0.3, -0.25) is 0 Å². The monoisotopic (exact) mass is 569 g/mol. The molecular formula is C27H33N6O4S2+3. The molecule has 5 rings (SSSR count). The molecule has 3 aromatic rings. The van der Waals surface area contributed by atoms with Gasteiger partial charge in [-0.1, -0.05) is 9.13 Å². The summed E-state index contributed by atoms with van der Waals surface area (Å²) < 4.78 is 28.5. The third-order valence-electron chi connectivity index (χ3n) is 8.00. The van der Waals surface area contributed by atoms with Crippen molar-refractivity contribution in [2.24, 2.45) is 5.14 Å². The molecule has 0 radical (unpaired) electrons. The average Bonchev–Trinajstić information content (AvgIpc) is 3.28. The van der Waals surface area contributed by atoms with Gasteiger partial charge in [0, 0.05) is 30.0 Å². The molecule has 39 heavy (non-hydrogen) atoms. The summed E-state index contributed by atoms with van der Waals surface area (Å²) in [6.07, 6.45) is 6.31. The summed E-state index contributed by atoms with van der Waals surface area (Å²) in [6.45, 7) is 5.03. The number of hydrogen-bond acceptors (Lipinski definition) is 4. The number of aromatic nitrogens is 2. The Labute approximate surface area is 233 Å². The number of thiocarbonyl (C=S) groups is 1. The first-order chi connectivity index (χ1) is 18.5. The van der Waals surface area contributed by atoms with Gasteiger partial charge in [0.1, 0.15) is 13.0 Å². The molecule has 2 aliphatic heterocycles. The Balaban J connectivity index is 1.21. The van der Waals surface area contributed by atoms with Crippen molar-refractivity contribution >= 4 is 39.0 Å². The fourth-order valence-corrected chi connectivity index (χ4v) is 6.81. The maximum Gasteiger partial charge on any atom is 0.489 e. The Hall–Kier alpha value is -3.45. The van der Waals surface area contributed by atoms with Crippen molar-refractivity contribution in [3.63, 3.8) is 0 Å². The molecule has 0 spiro atoms. The second-order valence-corrected chi connectivity index (χ2v) is 12.3. The van der Waals surface area contributed by atoms with Crippen LogP contribution in [0.15, 0.2) is 78.0 Å². The Bertz CT molecular complexity index is 1480. The number of carboxylic acid groups (broad SMARTS) is 1. The number of unbranched alkanes of at least 4 members (excludes halogenated alkanes) is 1. The Kier molecular flexibility index (Phi) is 7.14. The highest BCUT2D eigenvalue weighted by Gasteiger charge is 2.74. The number of nitrogens with two attached hydrogens (primary N) is 1. The van der Waals surface area contributed by atoms with Crippen LogP contribution in [0, 0.1) is 0 Å². The lowest BCUT2D eigenvalue weighted by molar-refractivity contribution is -1.20. The Morgan fingerprint density at radius 2 is 1.64 bits per heavy atom. The summed E-state index contributed by atoms with van der Waals surface area (Å²) in [5, 5.41) is 20.9. The van der Waals surface area contributed by atoms with Gasteiger partial charge in [0.25, 0.3) is 0 Å². The quantitative estimate of drug-likeness (QED) is 0.133. The molecule has 0 aliphatic carbocycles. The first kappa shape index (κ1) is 27.1. The number of rotatable bonds is 9. The van der Waals surface area contributed by atoms with Gasteiger partial charge >= 0.3 is 11.8 Å². The van der Waals surface area contributed by atoms with E-state index in [4.69, 9.17) is 17.4 Å². The molecule has 0 saturated heterocycles. The van der Waals surface area contributed by atoms with Gasteiger partial charge < -0.3 is 15.7 Å². The zero-order chi connectivity index (χ0) is 27.8. The van der Waals surface area contributed by atoms with E-state index in [1.54, 1.807) is 0 Å². The largest absolute Gasteiger partial charge is 0.489 e. The maximum atomic E-state index is 12.0. The summed E-state index contributed by atoms with van der Waals surface area (Å²) in [6, 6.07) is 17.6. The van der Waals surface area contributed by atoms with E-state index >= 15 is 0 Å². The van der Waals surface area contributed by atoms with Gasteiger partial charge in [0.05, 0.1) is 11.4 Å². The number of primary sulfonamides is 1. The first-order valence-corrected chi connectivity index (χ1v) is 14.8. The Morgan fingerprint density at radius 3 is 2.18 bits per heavy atom. The number of anilines is 1. The molecule has 1 atom stereocenters. The lowest BCUT2D eigenvalue weighted by Crippen LogP contribution is -2.77. The molecule has 0 amide bonds. The molecule has 204 valence electrons. The van der Waals surface area contributed by atoms with Gasteiger partial charge in [-0.05, 0) is 67.9 Å². The van der Waals surface area contributed by atoms with E-state index in [-0.39, 0.29) is 15.8 Å². The second-order valence-electron chi connectivity index (χ2n) is 10.3. The van der Waals surface area contributed by atoms with Gasteiger partial charge in [-0.25, -0.2) is 18.4 Å². The van der Waals surface area contributed by atoms with Gasteiger partial charge in [-0.15, -0.1) is 0 Å². The highest BCUT2D eigenvalue weighted by atomic mass is 32.2. The summed E-state index contributed by atoms with van der Waals surface area (Å²) in [4.78, 5) is 12.0. The second kappa shape index (κ2) is 10.3. The molecule has 2 aromatic heterocycles. The summed E-state index contributed by atoms with van der Waals surface area (Å²) in [5.74, 6) is -1.25. The molecule has 4 heterocycles. The van der Waals surface area contributed by atoms with E-state index in [1.807, 2.05) is 0 Å². The standard InChI is InChI=1S/C27H30N6O4S2/c1-27-31-15-5-2-8-21(31)18-33(27,19-22-9-3-6-16-32(22)27)17-7-4-10-24(25(34)35)30-26(38)29-20-11-13-23(14-12-20)39(28,36)37/h2-3,5-6,8-9,11-16,24H,4,7,10,17-19H2,1H3,(H2-3,28,29,30,34,35,36,37,38)/p+3. The van der Waals surface area contributed by atoms with Crippen molar-refractivity contribution in [2.45, 2.75) is 56.0 Å². The van der Waals surface area contributed by atoms with E-state index in [2.05, 4.69) is 75.5 Å². The SMILES string of the molecule is CC12[n+]3ccccc3C[N+]1(CCCCC(NC(=S)Nc1ccc(S(N)(=O)=O)cc1)C(=O)O)Cc1cccc[n+]12. The number of hydrogen-bond donors (Lipinski definition) is 4. The number of carboxylic acids is 1. The average molecular weight is 570 g/mol. The fraction of sp³-hybridized carbons (Fsp3) is 0.333. The minimum atomic E-state index is -3.80. The number of carbonyl (C=O) groups is 1. The molecule has 1 aromatic carbocycles. The van der Waals surface area contributed by atoms with Crippen molar-refractivity contribution in [2.75, 3.05) is 11.9 Å². The van der Waals surface area contributed by atoms with Crippen LogP contribution in [0.3, 0.4) is 0 Å². The number of benzene rings is 1. The predicted molar refractivity (Wildman–Crippen MR) is 147 cm³/mol. The van der Waals surface area contributed by atoms with Crippen LogP contribution in [0.4, 0.5) is 5.69 Å². The fourth-order valence-electron chi connectivity index (χ4n) is 6.03. The van der Waals surface area contributed by atoms with E-state index in [9.17, 15) is 18.3 Å². The van der Waals surface area contributed by atoms with Crippen molar-refractivity contribution in [3.05, 3.63) is 84.4 Å². The number of fused-ring (bicyclic) bond motifs is 5. The summed E-state index contributed by atoms with van der Waals surface area (Å²) >= 11 is 5.32. The van der Waals surface area contributed by atoms with Crippen LogP contribution in [0.1, 0.15) is 37.6 Å². The van der Waals surface area contributed by atoms with E-state index < -0.39 is 22.0 Å². The highest BCUT2D eigenvalue weighted by Crippen LogP contribution is 2.38. The number of nitrogens with one attached hydrogen (secondary N) is 2. The van der Waals surface area contributed by atoms with Gasteiger partial charge in [-0.2, -0.15) is 4.48 Å². The minimum Gasteiger partial charge on any atom is -0.480 e. The zero-order valence-electron chi connectivity index (χ0n) is 21.7. The molecular weight excluding hydrogens is 536 g/mol. The van der Waals surface area contributed by atoms with Gasteiger partial charge in [0.15, 0.2) is 30.6 Å². The number of pyridine rings is 2. The van der Waals surface area contributed by atoms with Crippen molar-refractivity contribution < 1.29 is 31.9 Å². The number of aliphatic carboxylic acids is 1. The zero-order valence-corrected chi connectivity index (χ0v) is 23.3. The van der Waals surface area contributed by atoms with E-state index in [1.165, 1.54) is 35.7 Å². The van der Waals surface area contributed by atoms with Crippen LogP contribution in [0.2, 0.25) is 0 Å². The van der Waals surface area contributed by atoms with Crippen molar-refractivity contribution in [1.29, 1.82) is 0 Å². The number of nitrogens with zero attached hydrogens (tertiary/aromatic N) is 3. The third-order valence-corrected chi connectivity index (χ3v) is 9.15. The number of quaternary nitrogens is 1. The summed E-state index contributed by atoms with van der Waals surface area (Å²) in [5.41, 5.74) is 3.11. The maximum absolute atomic E-state index is 12.0. The molecule has 12 heteroatoms. The van der Waals surface area contributed by atoms with Crippen LogP contribution in [-0.2, 0) is 33.7 Å². The number of sulfonamides is 1. The highest BCUT2D eigenvalue weighted by molar-refractivity contribution is 7.89. The molecule has 5 N–H and O–H groups in total. The predicted octanol–water partition coefficient (Wildman–Crippen LogP) is 1.54. The third kappa shape index (κ3) is 5.00. The van der Waals surface area contributed by atoms with Gasteiger partial charge in [0.2, 0.25) is 21.4 Å². The topological polar surface area (TPSA) is 129 Å². The molecule has 1 unspecified atom stereocenters. The lowest BCUT2D eigenvalue weighted by Gasteiger charge is -2.30. The van der Waals surface area contributed by atoms with E-state index in [0.717, 1.165) is 30.5 Å². The van der Waals surface area contributed by atoms with Crippen LogP contribution < -0.4 is 24.9 Å². The van der Waals surface area contributed by atoms with Crippen molar-refractivity contribution in [1.82, 2.24) is 5.32 Å².